The first-order chi connectivity index (χ1) is 8.99. The number of likely N-dealkylation sites (N-methyl/N-ethyl adjacent to an activating group) is 1. The zero-order chi connectivity index (χ0) is 14.0. The Morgan fingerprint density at radius 1 is 1.26 bits per heavy atom. The largest absolute Gasteiger partial charge is 0.331 e. The molecule has 0 aliphatic carbocycles. The fourth-order valence-electron chi connectivity index (χ4n) is 2.66. The maximum Gasteiger partial charge on any atom is 0.178 e. The van der Waals surface area contributed by atoms with Gasteiger partial charge in [-0.2, -0.15) is 0 Å². The highest BCUT2D eigenvalue weighted by atomic mass is 32.1. The molecule has 1 heterocycles. The van der Waals surface area contributed by atoms with Crippen LogP contribution in [0.15, 0.2) is 24.3 Å². The zero-order valence-corrected chi connectivity index (χ0v) is 13.0. The van der Waals surface area contributed by atoms with Gasteiger partial charge in [0, 0.05) is 12.6 Å². The van der Waals surface area contributed by atoms with Crippen LogP contribution in [0.25, 0.3) is 11.0 Å². The number of aromatic amines is 1. The smallest absolute Gasteiger partial charge is 0.178 e. The Bertz CT molecular complexity index is 585. The molecular formula is C15H23N3S. The summed E-state index contributed by atoms with van der Waals surface area (Å²) in [5.74, 6) is 0.653. The van der Waals surface area contributed by atoms with Gasteiger partial charge in [0.1, 0.15) is 0 Å². The number of benzene rings is 1. The third-order valence-corrected chi connectivity index (χ3v) is 3.61. The minimum Gasteiger partial charge on any atom is -0.331 e. The average Bonchev–Trinajstić information content (AvgIpc) is 2.62. The summed E-state index contributed by atoms with van der Waals surface area (Å²) in [6, 6.07) is 8.76. The Hall–Kier alpha value is -1.13. The molecule has 0 bridgehead atoms. The summed E-state index contributed by atoms with van der Waals surface area (Å²) in [7, 11) is 4.23. The van der Waals surface area contributed by atoms with Crippen LogP contribution in [0, 0.1) is 10.7 Å². The number of aromatic nitrogens is 2. The minimum atomic E-state index is 0.415. The third-order valence-electron chi connectivity index (χ3n) is 3.31. The molecule has 104 valence electrons. The molecule has 1 aromatic heterocycles. The minimum absolute atomic E-state index is 0.415. The van der Waals surface area contributed by atoms with Crippen LogP contribution in [0.2, 0.25) is 0 Å². The molecule has 3 nitrogen and oxygen atoms in total. The second kappa shape index (κ2) is 5.88. The van der Waals surface area contributed by atoms with Crippen molar-refractivity contribution in [3.8, 4) is 0 Å². The molecule has 0 saturated heterocycles. The normalized spacial score (nSPS) is 13.6. The van der Waals surface area contributed by atoms with Gasteiger partial charge in [0.05, 0.1) is 11.0 Å². The fraction of sp³-hybridized carbons (Fsp3) is 0.533. The number of nitrogens with one attached hydrogen (secondary N) is 1. The second-order valence-corrected chi connectivity index (χ2v) is 6.25. The molecule has 1 unspecified atom stereocenters. The van der Waals surface area contributed by atoms with Crippen molar-refractivity contribution in [2.24, 2.45) is 5.92 Å². The molecule has 0 aliphatic rings. The monoisotopic (exact) mass is 277 g/mol. The Kier molecular flexibility index (Phi) is 4.42. The molecule has 0 saturated carbocycles. The molecule has 19 heavy (non-hydrogen) atoms. The molecule has 4 heteroatoms. The van der Waals surface area contributed by atoms with Gasteiger partial charge in [0.2, 0.25) is 0 Å². The van der Waals surface area contributed by atoms with Crippen LogP contribution in [0.5, 0.6) is 0 Å². The lowest BCUT2D eigenvalue weighted by molar-refractivity contribution is 0.291. The molecule has 0 aliphatic heterocycles. The van der Waals surface area contributed by atoms with Crippen molar-refractivity contribution in [3.63, 3.8) is 0 Å². The summed E-state index contributed by atoms with van der Waals surface area (Å²) in [4.78, 5) is 5.55. The van der Waals surface area contributed by atoms with E-state index in [0.717, 1.165) is 23.3 Å². The van der Waals surface area contributed by atoms with E-state index in [1.807, 2.05) is 6.07 Å². The Morgan fingerprint density at radius 2 is 1.95 bits per heavy atom. The van der Waals surface area contributed by atoms with Gasteiger partial charge in [-0.05, 0) is 50.8 Å². The lowest BCUT2D eigenvalue weighted by atomic mass is 10.0. The maximum atomic E-state index is 5.52. The number of hydrogen-bond donors (Lipinski definition) is 1. The zero-order valence-electron chi connectivity index (χ0n) is 12.2. The number of H-pyrrole nitrogens is 1. The van der Waals surface area contributed by atoms with Crippen LogP contribution in [0.1, 0.15) is 26.3 Å². The number of imidazole rings is 1. The van der Waals surface area contributed by atoms with Crippen LogP contribution in [0.4, 0.5) is 0 Å². The summed E-state index contributed by atoms with van der Waals surface area (Å²) in [6.45, 7) is 5.54. The molecule has 0 spiro atoms. The van der Waals surface area contributed by atoms with E-state index >= 15 is 0 Å². The lowest BCUT2D eigenvalue weighted by Crippen LogP contribution is -2.25. The molecule has 0 fully saturated rings. The van der Waals surface area contributed by atoms with Crippen molar-refractivity contribution < 1.29 is 0 Å². The van der Waals surface area contributed by atoms with Gasteiger partial charge in [-0.3, -0.25) is 0 Å². The first-order valence-corrected chi connectivity index (χ1v) is 7.24. The van der Waals surface area contributed by atoms with Gasteiger partial charge >= 0.3 is 0 Å². The summed E-state index contributed by atoms with van der Waals surface area (Å²) in [6.07, 6.45) is 1.13. The molecule has 1 aromatic carbocycles. The van der Waals surface area contributed by atoms with E-state index in [0.29, 0.717) is 12.0 Å². The van der Waals surface area contributed by atoms with E-state index in [-0.39, 0.29) is 0 Å². The Balaban J connectivity index is 2.48. The van der Waals surface area contributed by atoms with Crippen molar-refractivity contribution in [1.82, 2.24) is 14.5 Å². The van der Waals surface area contributed by atoms with Crippen LogP contribution in [0.3, 0.4) is 0 Å². The van der Waals surface area contributed by atoms with Crippen LogP contribution in [-0.4, -0.2) is 35.1 Å². The number of para-hydroxylation sites is 2. The Labute approximate surface area is 120 Å². The van der Waals surface area contributed by atoms with Gasteiger partial charge in [0.15, 0.2) is 4.77 Å². The van der Waals surface area contributed by atoms with Gasteiger partial charge in [0.25, 0.3) is 0 Å². The van der Waals surface area contributed by atoms with Crippen molar-refractivity contribution in [2.45, 2.75) is 26.3 Å². The highest BCUT2D eigenvalue weighted by molar-refractivity contribution is 7.71. The third kappa shape index (κ3) is 3.25. The van der Waals surface area contributed by atoms with Crippen molar-refractivity contribution in [3.05, 3.63) is 29.0 Å². The summed E-state index contributed by atoms with van der Waals surface area (Å²) >= 11 is 5.52. The highest BCUT2D eigenvalue weighted by Gasteiger charge is 2.17. The van der Waals surface area contributed by atoms with E-state index in [9.17, 15) is 0 Å². The SMILES string of the molecule is CC(C)CC(CN(C)C)n1c(=S)[nH]c2ccccc21. The molecule has 0 radical (unpaired) electrons. The lowest BCUT2D eigenvalue weighted by Gasteiger charge is -2.24. The van der Waals surface area contributed by atoms with Crippen molar-refractivity contribution in [2.75, 3.05) is 20.6 Å². The predicted octanol–water partition coefficient (Wildman–Crippen LogP) is 3.85. The average molecular weight is 277 g/mol. The topological polar surface area (TPSA) is 24.0 Å². The van der Waals surface area contributed by atoms with Crippen LogP contribution in [-0.2, 0) is 0 Å². The van der Waals surface area contributed by atoms with Crippen molar-refractivity contribution in [1.29, 1.82) is 0 Å². The van der Waals surface area contributed by atoms with Gasteiger partial charge in [-0.1, -0.05) is 26.0 Å². The predicted molar refractivity (Wildman–Crippen MR) is 84.2 cm³/mol. The molecule has 1 atom stereocenters. The van der Waals surface area contributed by atoms with E-state index in [2.05, 4.69) is 60.6 Å². The summed E-state index contributed by atoms with van der Waals surface area (Å²) in [5.41, 5.74) is 2.33. The summed E-state index contributed by atoms with van der Waals surface area (Å²) < 4.78 is 3.11. The standard InChI is InChI=1S/C15H23N3S/c1-11(2)9-12(10-17(3)4)18-14-8-6-5-7-13(14)16-15(18)19/h5-8,11-12H,9-10H2,1-4H3,(H,16,19). The first-order valence-electron chi connectivity index (χ1n) is 6.83. The molecular weight excluding hydrogens is 254 g/mol. The number of rotatable bonds is 5. The number of nitrogens with zero attached hydrogens (tertiary/aromatic N) is 2. The van der Waals surface area contributed by atoms with Crippen LogP contribution >= 0.6 is 12.2 Å². The van der Waals surface area contributed by atoms with Gasteiger partial charge in [-0.25, -0.2) is 0 Å². The molecule has 2 aromatic rings. The maximum absolute atomic E-state index is 5.52. The Morgan fingerprint density at radius 3 is 2.58 bits per heavy atom. The second-order valence-electron chi connectivity index (χ2n) is 5.86. The van der Waals surface area contributed by atoms with E-state index < -0.39 is 0 Å². The fourth-order valence-corrected chi connectivity index (χ4v) is 3.02. The quantitative estimate of drug-likeness (QED) is 0.839. The molecule has 2 rings (SSSR count). The summed E-state index contributed by atoms with van der Waals surface area (Å²) in [5, 5.41) is 0. The van der Waals surface area contributed by atoms with Crippen LogP contribution < -0.4 is 0 Å². The van der Waals surface area contributed by atoms with E-state index in [1.54, 1.807) is 0 Å². The highest BCUT2D eigenvalue weighted by Crippen LogP contribution is 2.24. The number of fused-ring (bicyclic) bond motifs is 1. The first kappa shape index (κ1) is 14.3. The van der Waals surface area contributed by atoms with Crippen molar-refractivity contribution >= 4 is 23.3 Å². The van der Waals surface area contributed by atoms with E-state index in [4.69, 9.17) is 12.2 Å². The number of hydrogen-bond acceptors (Lipinski definition) is 2. The van der Waals surface area contributed by atoms with Gasteiger partial charge in [-0.15, -0.1) is 0 Å². The molecule has 0 amide bonds. The van der Waals surface area contributed by atoms with Gasteiger partial charge < -0.3 is 14.5 Å². The molecule has 1 N–H and O–H groups in total. The van der Waals surface area contributed by atoms with E-state index in [1.165, 1.54) is 5.52 Å².